The SMILES string of the molecule is CCC1=CCC=CC(C(COc2ccc(CC3SC(=O)NC3=O)cc2)OC(C)=O)=C1. The first-order chi connectivity index (χ1) is 14.4. The van der Waals surface area contributed by atoms with Crippen LogP contribution >= 0.6 is 11.8 Å². The zero-order valence-electron chi connectivity index (χ0n) is 17.1. The minimum absolute atomic E-state index is 0.196. The van der Waals surface area contributed by atoms with Gasteiger partial charge in [0.1, 0.15) is 12.4 Å². The van der Waals surface area contributed by atoms with Gasteiger partial charge in [-0.25, -0.2) is 0 Å². The van der Waals surface area contributed by atoms with Crippen LogP contribution in [-0.4, -0.2) is 35.1 Å². The summed E-state index contributed by atoms with van der Waals surface area (Å²) in [4.78, 5) is 34.6. The van der Waals surface area contributed by atoms with Crippen LogP contribution in [0, 0.1) is 0 Å². The van der Waals surface area contributed by atoms with E-state index in [-0.39, 0.29) is 23.7 Å². The summed E-state index contributed by atoms with van der Waals surface area (Å²) >= 11 is 1.02. The van der Waals surface area contributed by atoms with Gasteiger partial charge in [0, 0.05) is 6.92 Å². The molecule has 1 aliphatic carbocycles. The highest BCUT2D eigenvalue weighted by Crippen LogP contribution is 2.24. The summed E-state index contributed by atoms with van der Waals surface area (Å²) in [6.45, 7) is 3.68. The van der Waals surface area contributed by atoms with E-state index in [1.165, 1.54) is 12.5 Å². The van der Waals surface area contributed by atoms with Gasteiger partial charge < -0.3 is 9.47 Å². The number of thioether (sulfide) groups is 1. The lowest BCUT2D eigenvalue weighted by molar-refractivity contribution is -0.145. The van der Waals surface area contributed by atoms with Crippen molar-refractivity contribution < 1.29 is 23.9 Å². The molecular formula is C23H25NO5S. The van der Waals surface area contributed by atoms with E-state index in [1.54, 1.807) is 0 Å². The Labute approximate surface area is 180 Å². The Balaban J connectivity index is 1.63. The third-order valence-electron chi connectivity index (χ3n) is 4.78. The molecule has 1 fully saturated rings. The molecule has 1 aromatic carbocycles. The molecule has 2 aliphatic rings. The Morgan fingerprint density at radius 1 is 1.27 bits per heavy atom. The van der Waals surface area contributed by atoms with E-state index in [2.05, 4.69) is 24.4 Å². The number of ether oxygens (including phenoxy) is 2. The van der Waals surface area contributed by atoms with Crippen molar-refractivity contribution in [2.45, 2.75) is 44.5 Å². The number of hydrogen-bond acceptors (Lipinski definition) is 6. The smallest absolute Gasteiger partial charge is 0.303 e. The Hall–Kier alpha value is -2.80. The molecule has 0 spiro atoms. The van der Waals surface area contributed by atoms with Crippen molar-refractivity contribution in [3.05, 3.63) is 65.3 Å². The van der Waals surface area contributed by atoms with Crippen LogP contribution in [0.4, 0.5) is 4.79 Å². The average molecular weight is 428 g/mol. The number of carbonyl (C=O) groups excluding carboxylic acids is 3. The lowest BCUT2D eigenvalue weighted by atomic mass is 10.1. The maximum atomic E-state index is 11.7. The van der Waals surface area contributed by atoms with Gasteiger partial charge in [-0.05, 0) is 42.5 Å². The predicted octanol–water partition coefficient (Wildman–Crippen LogP) is 4.11. The number of esters is 1. The fourth-order valence-corrected chi connectivity index (χ4v) is 4.09. The summed E-state index contributed by atoms with van der Waals surface area (Å²) in [5.41, 5.74) is 3.04. The minimum Gasteiger partial charge on any atom is -0.489 e. The lowest BCUT2D eigenvalue weighted by Crippen LogP contribution is -2.26. The molecule has 0 saturated carbocycles. The first-order valence-electron chi connectivity index (χ1n) is 9.92. The number of rotatable bonds is 8. The van der Waals surface area contributed by atoms with Gasteiger partial charge in [-0.1, -0.05) is 60.7 Å². The molecule has 1 N–H and O–H groups in total. The largest absolute Gasteiger partial charge is 0.489 e. The Kier molecular flexibility index (Phi) is 7.52. The highest BCUT2D eigenvalue weighted by atomic mass is 32.2. The van der Waals surface area contributed by atoms with Crippen LogP contribution in [0.2, 0.25) is 0 Å². The van der Waals surface area contributed by atoms with Crippen LogP contribution in [0.25, 0.3) is 0 Å². The number of amides is 2. The van der Waals surface area contributed by atoms with Gasteiger partial charge >= 0.3 is 5.97 Å². The highest BCUT2D eigenvalue weighted by Gasteiger charge is 2.31. The summed E-state index contributed by atoms with van der Waals surface area (Å²) in [6.07, 6.45) is 9.95. The molecule has 6 nitrogen and oxygen atoms in total. The molecule has 0 aromatic heterocycles. The topological polar surface area (TPSA) is 81.7 Å². The molecule has 0 radical (unpaired) electrons. The van der Waals surface area contributed by atoms with Crippen molar-refractivity contribution in [3.63, 3.8) is 0 Å². The number of imide groups is 1. The fraction of sp³-hybridized carbons (Fsp3) is 0.348. The Morgan fingerprint density at radius 3 is 2.67 bits per heavy atom. The Bertz CT molecular complexity index is 901. The monoisotopic (exact) mass is 427 g/mol. The molecule has 2 amide bonds. The fourth-order valence-electron chi connectivity index (χ4n) is 3.23. The molecule has 1 aliphatic heterocycles. The van der Waals surface area contributed by atoms with E-state index >= 15 is 0 Å². The summed E-state index contributed by atoms with van der Waals surface area (Å²) in [7, 11) is 0. The van der Waals surface area contributed by atoms with Crippen molar-refractivity contribution in [1.82, 2.24) is 5.32 Å². The van der Waals surface area contributed by atoms with Crippen LogP contribution in [0.3, 0.4) is 0 Å². The molecule has 1 saturated heterocycles. The van der Waals surface area contributed by atoms with E-state index in [0.29, 0.717) is 12.2 Å². The third kappa shape index (κ3) is 6.10. The van der Waals surface area contributed by atoms with Gasteiger partial charge in [0.25, 0.3) is 5.24 Å². The molecule has 2 unspecified atom stereocenters. The van der Waals surface area contributed by atoms with E-state index in [0.717, 1.165) is 35.7 Å². The molecule has 158 valence electrons. The molecule has 1 heterocycles. The molecule has 0 bridgehead atoms. The van der Waals surface area contributed by atoms with Gasteiger partial charge in [0.2, 0.25) is 5.91 Å². The molecule has 30 heavy (non-hydrogen) atoms. The zero-order chi connectivity index (χ0) is 21.5. The first-order valence-corrected chi connectivity index (χ1v) is 10.8. The number of benzene rings is 1. The summed E-state index contributed by atoms with van der Waals surface area (Å²) < 4.78 is 11.4. The van der Waals surface area contributed by atoms with Crippen LogP contribution in [-0.2, 0) is 20.7 Å². The molecular weight excluding hydrogens is 402 g/mol. The maximum absolute atomic E-state index is 11.7. The lowest BCUT2D eigenvalue weighted by Gasteiger charge is -2.19. The van der Waals surface area contributed by atoms with Crippen molar-refractivity contribution in [2.75, 3.05) is 6.61 Å². The van der Waals surface area contributed by atoms with E-state index in [4.69, 9.17) is 9.47 Å². The van der Waals surface area contributed by atoms with Crippen molar-refractivity contribution in [3.8, 4) is 5.75 Å². The summed E-state index contributed by atoms with van der Waals surface area (Å²) in [5.74, 6) is 0.0288. The second kappa shape index (κ2) is 10.3. The van der Waals surface area contributed by atoms with Gasteiger partial charge in [-0.2, -0.15) is 0 Å². The maximum Gasteiger partial charge on any atom is 0.303 e. The Morgan fingerprint density at radius 2 is 2.03 bits per heavy atom. The summed E-state index contributed by atoms with van der Waals surface area (Å²) in [6, 6.07) is 7.37. The van der Waals surface area contributed by atoms with Crippen LogP contribution in [0.1, 0.15) is 32.3 Å². The van der Waals surface area contributed by atoms with E-state index in [1.807, 2.05) is 36.4 Å². The minimum atomic E-state index is -0.504. The van der Waals surface area contributed by atoms with Gasteiger partial charge in [-0.15, -0.1) is 0 Å². The number of allylic oxidation sites excluding steroid dienone is 4. The highest BCUT2D eigenvalue weighted by molar-refractivity contribution is 8.15. The van der Waals surface area contributed by atoms with Crippen molar-refractivity contribution in [2.24, 2.45) is 0 Å². The normalized spacial score (nSPS) is 19.5. The molecule has 1 aromatic rings. The van der Waals surface area contributed by atoms with E-state index in [9.17, 15) is 14.4 Å². The third-order valence-corrected chi connectivity index (χ3v) is 5.76. The van der Waals surface area contributed by atoms with Crippen LogP contribution in [0.5, 0.6) is 5.75 Å². The number of hydrogen-bond donors (Lipinski definition) is 1. The zero-order valence-corrected chi connectivity index (χ0v) is 17.9. The van der Waals surface area contributed by atoms with Gasteiger partial charge in [0.15, 0.2) is 6.10 Å². The van der Waals surface area contributed by atoms with Gasteiger partial charge in [-0.3, -0.25) is 19.7 Å². The van der Waals surface area contributed by atoms with Gasteiger partial charge in [0.05, 0.1) is 5.25 Å². The molecule has 7 heteroatoms. The molecule has 2 atom stereocenters. The standard InChI is InChI=1S/C23H25NO5S/c1-3-16-6-4-5-7-18(12-16)20(29-15(2)25)14-28-19-10-8-17(9-11-19)13-21-22(26)24-23(27)30-21/h5-12,20-21H,3-4,13-14H2,1-2H3,(H,24,26,27). The number of nitrogens with one attached hydrogen (secondary N) is 1. The second-order valence-corrected chi connectivity index (χ2v) is 8.23. The average Bonchev–Trinajstić information content (AvgIpc) is 2.91. The number of carbonyl (C=O) groups is 3. The van der Waals surface area contributed by atoms with Crippen molar-refractivity contribution in [1.29, 1.82) is 0 Å². The van der Waals surface area contributed by atoms with Crippen LogP contribution < -0.4 is 10.1 Å². The summed E-state index contributed by atoms with van der Waals surface area (Å²) in [5, 5.41) is 1.60. The predicted molar refractivity (Wildman–Crippen MR) is 116 cm³/mol. The van der Waals surface area contributed by atoms with Crippen LogP contribution in [0.15, 0.2) is 59.7 Å². The van der Waals surface area contributed by atoms with E-state index < -0.39 is 11.4 Å². The quantitative estimate of drug-likeness (QED) is 0.629. The first kappa shape index (κ1) is 21.9. The molecule has 3 rings (SSSR count). The second-order valence-electron chi connectivity index (χ2n) is 7.06. The van der Waals surface area contributed by atoms with Crippen molar-refractivity contribution >= 4 is 28.9 Å².